The van der Waals surface area contributed by atoms with Crippen LogP contribution in [0.3, 0.4) is 0 Å². The van der Waals surface area contributed by atoms with Gasteiger partial charge in [-0.25, -0.2) is 4.39 Å². The molecular formula is C14H17FN2. The van der Waals surface area contributed by atoms with E-state index in [0.29, 0.717) is 11.4 Å². The fourth-order valence-electron chi connectivity index (χ4n) is 2.84. The molecule has 1 saturated heterocycles. The topological polar surface area (TPSA) is 27.8 Å². The summed E-state index contributed by atoms with van der Waals surface area (Å²) >= 11 is 0. The second-order valence-corrected chi connectivity index (χ2v) is 4.87. The molecule has 1 atom stereocenters. The molecule has 2 nitrogen and oxygen atoms in total. The largest absolute Gasteiger partial charge is 0.355 e. The molecule has 2 N–H and O–H groups in total. The maximum absolute atomic E-state index is 13.7. The average Bonchev–Trinajstić information content (AvgIpc) is 2.70. The van der Waals surface area contributed by atoms with E-state index >= 15 is 0 Å². The lowest BCUT2D eigenvalue weighted by Gasteiger charge is -2.22. The number of halogens is 1. The van der Waals surface area contributed by atoms with Gasteiger partial charge in [0, 0.05) is 23.5 Å². The van der Waals surface area contributed by atoms with Gasteiger partial charge in [-0.1, -0.05) is 12.1 Å². The van der Waals surface area contributed by atoms with E-state index in [9.17, 15) is 4.39 Å². The van der Waals surface area contributed by atoms with Crippen LogP contribution in [-0.4, -0.2) is 18.1 Å². The highest BCUT2D eigenvalue weighted by molar-refractivity contribution is 5.85. The van der Waals surface area contributed by atoms with E-state index in [-0.39, 0.29) is 5.82 Å². The Labute approximate surface area is 100 Å². The third-order valence-electron chi connectivity index (χ3n) is 3.79. The van der Waals surface area contributed by atoms with Gasteiger partial charge in [0.2, 0.25) is 0 Å². The summed E-state index contributed by atoms with van der Waals surface area (Å²) < 4.78 is 13.7. The summed E-state index contributed by atoms with van der Waals surface area (Å²) in [5, 5.41) is 4.42. The molecule has 1 fully saturated rings. The van der Waals surface area contributed by atoms with Crippen molar-refractivity contribution in [3.8, 4) is 0 Å². The van der Waals surface area contributed by atoms with E-state index in [1.807, 2.05) is 6.07 Å². The Kier molecular flexibility index (Phi) is 2.63. The van der Waals surface area contributed by atoms with Crippen molar-refractivity contribution in [1.82, 2.24) is 10.3 Å². The fourth-order valence-corrected chi connectivity index (χ4v) is 2.84. The number of fused-ring (bicyclic) bond motifs is 1. The Balaban J connectivity index is 2.10. The number of aryl methyl sites for hydroxylation is 1. The number of H-pyrrole nitrogens is 1. The quantitative estimate of drug-likeness (QED) is 0.777. The molecule has 1 unspecified atom stereocenters. The van der Waals surface area contributed by atoms with Gasteiger partial charge in [-0.2, -0.15) is 0 Å². The highest BCUT2D eigenvalue weighted by atomic mass is 19.1. The van der Waals surface area contributed by atoms with Crippen LogP contribution in [0, 0.1) is 12.7 Å². The van der Waals surface area contributed by atoms with Crippen molar-refractivity contribution in [1.29, 1.82) is 0 Å². The van der Waals surface area contributed by atoms with E-state index in [0.717, 1.165) is 18.5 Å². The highest BCUT2D eigenvalue weighted by Gasteiger charge is 2.20. The monoisotopic (exact) mass is 232 g/mol. The molecule has 0 spiro atoms. The molecule has 1 aliphatic rings. The summed E-state index contributed by atoms with van der Waals surface area (Å²) in [4.78, 5) is 3.29. The number of piperidine rings is 1. The van der Waals surface area contributed by atoms with Crippen LogP contribution in [0.25, 0.3) is 10.9 Å². The van der Waals surface area contributed by atoms with Crippen LogP contribution in [-0.2, 0) is 0 Å². The van der Waals surface area contributed by atoms with E-state index in [4.69, 9.17) is 0 Å². The first-order valence-electron chi connectivity index (χ1n) is 6.25. The Bertz CT molecular complexity index is 538. The van der Waals surface area contributed by atoms with E-state index < -0.39 is 0 Å². The molecule has 3 heteroatoms. The molecule has 1 aromatic heterocycles. The Morgan fingerprint density at radius 2 is 2.24 bits per heavy atom. The first-order chi connectivity index (χ1) is 8.27. The molecule has 0 saturated carbocycles. The first kappa shape index (κ1) is 10.8. The van der Waals surface area contributed by atoms with Crippen molar-refractivity contribution in [3.63, 3.8) is 0 Å². The predicted octanol–water partition coefficient (Wildman–Crippen LogP) is 3.08. The van der Waals surface area contributed by atoms with Gasteiger partial charge in [0.05, 0.1) is 5.52 Å². The van der Waals surface area contributed by atoms with Crippen molar-refractivity contribution >= 4 is 10.9 Å². The van der Waals surface area contributed by atoms with Crippen LogP contribution >= 0.6 is 0 Å². The average molecular weight is 232 g/mol. The Morgan fingerprint density at radius 3 is 2.94 bits per heavy atom. The third kappa shape index (κ3) is 1.75. The summed E-state index contributed by atoms with van der Waals surface area (Å²) in [6.45, 7) is 4.18. The molecule has 3 rings (SSSR count). The standard InChI is InChI=1S/C14H17FN2/c1-9-11-5-2-6-12(15)14(11)17-13(9)10-4-3-7-16-8-10/h2,5-6,10,16-17H,3-4,7-8H2,1H3. The molecule has 0 bridgehead atoms. The number of rotatable bonds is 1. The van der Waals surface area contributed by atoms with Gasteiger partial charge in [-0.05, 0) is 37.9 Å². The lowest BCUT2D eigenvalue weighted by atomic mass is 9.93. The zero-order valence-corrected chi connectivity index (χ0v) is 10.0. The lowest BCUT2D eigenvalue weighted by molar-refractivity contribution is 0.455. The minimum atomic E-state index is -0.152. The number of hydrogen-bond donors (Lipinski definition) is 2. The smallest absolute Gasteiger partial charge is 0.147 e. The molecular weight excluding hydrogens is 215 g/mol. The zero-order chi connectivity index (χ0) is 11.8. The van der Waals surface area contributed by atoms with E-state index in [2.05, 4.69) is 17.2 Å². The molecule has 2 heterocycles. The Hall–Kier alpha value is -1.35. The first-order valence-corrected chi connectivity index (χ1v) is 6.25. The van der Waals surface area contributed by atoms with Gasteiger partial charge < -0.3 is 10.3 Å². The van der Waals surface area contributed by atoms with Gasteiger partial charge >= 0.3 is 0 Å². The number of nitrogens with one attached hydrogen (secondary N) is 2. The molecule has 0 amide bonds. The van der Waals surface area contributed by atoms with Crippen molar-refractivity contribution in [3.05, 3.63) is 35.3 Å². The number of benzene rings is 1. The Morgan fingerprint density at radius 1 is 1.35 bits per heavy atom. The SMILES string of the molecule is Cc1c(C2CCCNC2)[nH]c2c(F)cccc12. The van der Waals surface area contributed by atoms with Crippen LogP contribution in [0.4, 0.5) is 4.39 Å². The van der Waals surface area contributed by atoms with Crippen molar-refractivity contribution in [2.75, 3.05) is 13.1 Å². The van der Waals surface area contributed by atoms with Gasteiger partial charge in [0.25, 0.3) is 0 Å². The summed E-state index contributed by atoms with van der Waals surface area (Å²) in [7, 11) is 0. The lowest BCUT2D eigenvalue weighted by Crippen LogP contribution is -2.28. The summed E-state index contributed by atoms with van der Waals surface area (Å²) in [6, 6.07) is 5.28. The summed E-state index contributed by atoms with van der Waals surface area (Å²) in [6.07, 6.45) is 2.38. The van der Waals surface area contributed by atoms with Crippen LogP contribution in [0.1, 0.15) is 30.0 Å². The van der Waals surface area contributed by atoms with Crippen LogP contribution < -0.4 is 5.32 Å². The minimum absolute atomic E-state index is 0.152. The normalized spacial score (nSPS) is 20.9. The second kappa shape index (κ2) is 4.15. The molecule has 90 valence electrons. The van der Waals surface area contributed by atoms with Gasteiger partial charge in [0.15, 0.2) is 0 Å². The van der Waals surface area contributed by atoms with E-state index in [1.165, 1.54) is 30.2 Å². The zero-order valence-electron chi connectivity index (χ0n) is 10.0. The van der Waals surface area contributed by atoms with Gasteiger partial charge in [0.1, 0.15) is 5.82 Å². The molecule has 0 radical (unpaired) electrons. The van der Waals surface area contributed by atoms with Gasteiger partial charge in [-0.15, -0.1) is 0 Å². The number of aromatic amines is 1. The van der Waals surface area contributed by atoms with Crippen LogP contribution in [0.15, 0.2) is 18.2 Å². The number of aromatic nitrogens is 1. The third-order valence-corrected chi connectivity index (χ3v) is 3.79. The summed E-state index contributed by atoms with van der Waals surface area (Å²) in [5.74, 6) is 0.344. The maximum Gasteiger partial charge on any atom is 0.147 e. The fraction of sp³-hybridized carbons (Fsp3) is 0.429. The van der Waals surface area contributed by atoms with Crippen LogP contribution in [0.2, 0.25) is 0 Å². The maximum atomic E-state index is 13.7. The number of hydrogen-bond acceptors (Lipinski definition) is 1. The predicted molar refractivity (Wildman–Crippen MR) is 67.8 cm³/mol. The molecule has 1 aliphatic heterocycles. The molecule has 1 aromatic carbocycles. The molecule has 17 heavy (non-hydrogen) atoms. The van der Waals surface area contributed by atoms with Crippen molar-refractivity contribution < 1.29 is 4.39 Å². The highest BCUT2D eigenvalue weighted by Crippen LogP contribution is 2.31. The van der Waals surface area contributed by atoms with Gasteiger partial charge in [-0.3, -0.25) is 0 Å². The molecule has 0 aliphatic carbocycles. The van der Waals surface area contributed by atoms with Crippen molar-refractivity contribution in [2.24, 2.45) is 0 Å². The van der Waals surface area contributed by atoms with E-state index in [1.54, 1.807) is 6.07 Å². The molecule has 2 aromatic rings. The van der Waals surface area contributed by atoms with Crippen molar-refractivity contribution in [2.45, 2.75) is 25.7 Å². The number of para-hydroxylation sites is 1. The van der Waals surface area contributed by atoms with Crippen LogP contribution in [0.5, 0.6) is 0 Å². The summed E-state index contributed by atoms with van der Waals surface area (Å²) in [5.41, 5.74) is 3.07. The second-order valence-electron chi connectivity index (χ2n) is 4.87. The minimum Gasteiger partial charge on any atom is -0.355 e.